The van der Waals surface area contributed by atoms with Gasteiger partial charge in [0.2, 0.25) is 23.1 Å². The molecule has 516 valence electrons. The van der Waals surface area contributed by atoms with Gasteiger partial charge in [-0.1, -0.05) is 94.5 Å². The topological polar surface area (TPSA) is 391 Å². The average Bonchev–Trinajstić information content (AvgIpc) is 0.983. The van der Waals surface area contributed by atoms with E-state index in [1.807, 2.05) is 6.92 Å². The predicted molar refractivity (Wildman–Crippen MR) is 348 cm³/mol. The number of rotatable bonds is 12. The Bertz CT molecular complexity index is 3380. The highest BCUT2D eigenvalue weighted by atomic mass is 19.1. The van der Waals surface area contributed by atoms with Gasteiger partial charge >= 0.3 is 24.2 Å². The summed E-state index contributed by atoms with van der Waals surface area (Å²) in [5.74, 6) is -6.19. The van der Waals surface area contributed by atoms with Crippen LogP contribution in [-0.4, -0.2) is 153 Å². The average molecular weight is 1330 g/mol. The molecule has 2 aliphatic heterocycles. The SMILES string of the molecule is C=CCNC(=O)NC1=C2C[C@@H](C)C[C@H](OC)[C@H](O)[C@@H](C)/C=C(\C)[C@H](OC(N)=O)[C@@H](OC)/C=C\C=C(/C)C(=O)NC(=CC1=O)C2=O.CO[C@H]1/C=C\C=C(/C)C(=O)NC2=CC(=O)C(NC(=O)NCc3ccc(F)cc3)=C(C[C@@H](C)C[C@H](OC)[C@H](O)[C@@H](C)/C=C(\C)[C@@H]1OC(N)=O)C2=O. The lowest BCUT2D eigenvalue weighted by Gasteiger charge is -2.30. The Labute approximate surface area is 551 Å². The summed E-state index contributed by atoms with van der Waals surface area (Å²) in [5, 5.41) is 37.6. The molecule has 5 rings (SSSR count). The van der Waals surface area contributed by atoms with Crippen molar-refractivity contribution in [2.45, 2.75) is 136 Å². The third kappa shape index (κ3) is 23.3. The normalized spacial score (nSPS) is 29.2. The number of urea groups is 2. The molecule has 0 radical (unpaired) electrons. The van der Waals surface area contributed by atoms with E-state index in [0.29, 0.717) is 16.7 Å². The maximum absolute atomic E-state index is 13.8. The number of hydrogen-bond donors (Lipinski definition) is 10. The van der Waals surface area contributed by atoms with Crippen LogP contribution in [0.2, 0.25) is 0 Å². The van der Waals surface area contributed by atoms with E-state index in [2.05, 4.69) is 38.5 Å². The molecule has 27 heteroatoms. The summed E-state index contributed by atoms with van der Waals surface area (Å²) < 4.78 is 46.4. The van der Waals surface area contributed by atoms with Crippen molar-refractivity contribution in [1.29, 1.82) is 0 Å². The summed E-state index contributed by atoms with van der Waals surface area (Å²) in [6.07, 6.45) is 7.15. The van der Waals surface area contributed by atoms with Crippen LogP contribution in [0.4, 0.5) is 23.6 Å². The fourth-order valence-corrected chi connectivity index (χ4v) is 10.7. The summed E-state index contributed by atoms with van der Waals surface area (Å²) >= 11 is 0. The molecule has 0 fully saturated rings. The number of primary amides is 2. The number of halogens is 1. The molecule has 4 aliphatic rings. The molecular weight excluding hydrogens is 1240 g/mol. The van der Waals surface area contributed by atoms with Gasteiger partial charge in [-0.3, -0.25) is 28.8 Å². The molecular formula is C68H89FN8O18. The van der Waals surface area contributed by atoms with Crippen molar-refractivity contribution in [2.75, 3.05) is 35.0 Å². The Hall–Kier alpha value is -9.25. The monoisotopic (exact) mass is 1320 g/mol. The van der Waals surface area contributed by atoms with Crippen LogP contribution < -0.4 is 43.4 Å². The van der Waals surface area contributed by atoms with Crippen LogP contribution in [0.5, 0.6) is 0 Å². The third-order valence-electron chi connectivity index (χ3n) is 15.8. The smallest absolute Gasteiger partial charge is 0.405 e. The van der Waals surface area contributed by atoms with Crippen LogP contribution in [-0.2, 0) is 63.7 Å². The van der Waals surface area contributed by atoms with Crippen LogP contribution in [0.1, 0.15) is 86.6 Å². The lowest BCUT2D eigenvalue weighted by molar-refractivity contribution is -0.120. The number of allylic oxidation sites excluding steroid dienone is 8. The maximum atomic E-state index is 13.8. The van der Waals surface area contributed by atoms with Gasteiger partial charge in [-0.15, -0.1) is 6.58 Å². The second-order valence-electron chi connectivity index (χ2n) is 23.4. The number of carbonyl (C=O) groups excluding carboxylic acids is 10. The molecule has 1 aromatic rings. The number of ether oxygens (including phenoxy) is 6. The van der Waals surface area contributed by atoms with E-state index in [-0.39, 0.29) is 95.7 Å². The minimum absolute atomic E-state index is 0.000933. The van der Waals surface area contributed by atoms with Crippen LogP contribution in [0.15, 0.2) is 154 Å². The first-order valence-electron chi connectivity index (χ1n) is 30.5. The lowest BCUT2D eigenvalue weighted by Crippen LogP contribution is -2.41. The van der Waals surface area contributed by atoms with Gasteiger partial charge in [0.15, 0.2) is 12.2 Å². The standard InChI is InChI=1S/C36H45FN4O9.C32H44N4O9/c1-19-14-25-30(41-36(47)39-18-23-10-12-24(37)13-11-23)27(42)17-26(32(25)44)40-34(45)20(2)8-7-9-28(48-5)33(50-35(38)46)22(4)16-21(3)31(43)29(15-19)49-6;1-8-12-34-32(42)36-26-21-13-17(2)14-25(44-7)27(38)19(4)15-20(5)29(45-31(33)41)24(43-6)11-9-10-18(3)30(40)35-22(28(21)39)16-23(26)37/h7-13,16-17,19,21,28-29,31,33,43H,14-15,18H2,1-6H3,(H2,38,46)(H,40,45)(H2,39,41,47);8-11,15-17,19,24-25,27,29,38H,1,12-14H2,2-7H3,(H2,33,41)(H,35,40)(H2,34,36,42)/b9-7-,20-8+,22-16+;11-9-,18-10+,20-15+/t19-,21+,28+,29+,31-,33+;17-,19+,24+,25+,27-,29+/m11/s1. The van der Waals surface area contributed by atoms with Gasteiger partial charge in [0.25, 0.3) is 11.8 Å². The summed E-state index contributed by atoms with van der Waals surface area (Å²) in [6.45, 7) is 17.2. The predicted octanol–water partition coefficient (Wildman–Crippen LogP) is 5.65. The van der Waals surface area contributed by atoms with E-state index < -0.39 is 126 Å². The van der Waals surface area contributed by atoms with Gasteiger partial charge in [0, 0.05) is 87.8 Å². The number of benzene rings is 1. The Morgan fingerprint density at radius 2 is 1.01 bits per heavy atom. The zero-order chi connectivity index (χ0) is 71.0. The Morgan fingerprint density at radius 1 is 0.621 bits per heavy atom. The van der Waals surface area contributed by atoms with Crippen LogP contribution in [0.3, 0.4) is 0 Å². The lowest BCUT2D eigenvalue weighted by atomic mass is 9.85. The Morgan fingerprint density at radius 3 is 1.37 bits per heavy atom. The minimum Gasteiger partial charge on any atom is -0.439 e. The highest BCUT2D eigenvalue weighted by Crippen LogP contribution is 2.32. The number of ketones is 4. The first-order valence-corrected chi connectivity index (χ1v) is 30.5. The Balaban J connectivity index is 0.000000407. The molecule has 0 aromatic heterocycles. The molecule has 12 N–H and O–H groups in total. The molecule has 12 atom stereocenters. The minimum atomic E-state index is -1.06. The second-order valence-corrected chi connectivity index (χ2v) is 23.4. The van der Waals surface area contributed by atoms with Gasteiger partial charge in [0.1, 0.15) is 18.0 Å². The summed E-state index contributed by atoms with van der Waals surface area (Å²) in [5.41, 5.74) is 11.7. The number of carbonyl (C=O) groups is 10. The van der Waals surface area contributed by atoms with Gasteiger partial charge < -0.3 is 82.0 Å². The molecule has 1 aromatic carbocycles. The maximum Gasteiger partial charge on any atom is 0.405 e. The third-order valence-corrected chi connectivity index (χ3v) is 15.8. The molecule has 26 nitrogen and oxygen atoms in total. The molecule has 4 bridgehead atoms. The summed E-state index contributed by atoms with van der Waals surface area (Å²) in [6, 6.07) is 4.00. The van der Waals surface area contributed by atoms with Crippen molar-refractivity contribution >= 4 is 59.2 Å². The van der Waals surface area contributed by atoms with E-state index in [1.165, 1.54) is 96.9 Å². The van der Waals surface area contributed by atoms with E-state index in [0.717, 1.165) is 12.2 Å². The van der Waals surface area contributed by atoms with E-state index in [4.69, 9.17) is 39.9 Å². The fraction of sp³-hybridized carbons (Fsp3) is 0.441. The second kappa shape index (κ2) is 37.6. The van der Waals surface area contributed by atoms with E-state index in [9.17, 15) is 62.5 Å². The number of aliphatic hydroxyl groups is 2. The van der Waals surface area contributed by atoms with Crippen molar-refractivity contribution in [1.82, 2.24) is 31.9 Å². The Kier molecular flexibility index (Phi) is 30.9. The zero-order valence-electron chi connectivity index (χ0n) is 55.5. The van der Waals surface area contributed by atoms with Gasteiger partial charge in [0.05, 0.1) is 47.2 Å². The number of amides is 8. The number of hydrogen-bond acceptors (Lipinski definition) is 18. The van der Waals surface area contributed by atoms with Crippen molar-refractivity contribution in [3.05, 3.63) is 165 Å². The largest absolute Gasteiger partial charge is 0.439 e. The molecule has 0 saturated carbocycles. The molecule has 0 unspecified atom stereocenters. The number of nitrogens with one attached hydrogen (secondary N) is 6. The number of Topliss-reactive ketones (excluding diaryl/α,β-unsaturated/α-hetero) is 2. The molecule has 2 aliphatic carbocycles. The summed E-state index contributed by atoms with van der Waals surface area (Å²) in [7, 11) is 5.69. The first-order chi connectivity index (χ1) is 44.9. The molecule has 0 saturated heterocycles. The summed E-state index contributed by atoms with van der Waals surface area (Å²) in [4.78, 5) is 129. The number of aliphatic hydroxyl groups excluding tert-OH is 2. The van der Waals surface area contributed by atoms with Crippen LogP contribution in [0.25, 0.3) is 0 Å². The van der Waals surface area contributed by atoms with Crippen LogP contribution >= 0.6 is 0 Å². The van der Waals surface area contributed by atoms with Crippen LogP contribution in [0, 0.1) is 29.5 Å². The van der Waals surface area contributed by atoms with Crippen molar-refractivity contribution < 1.29 is 91.0 Å². The van der Waals surface area contributed by atoms with Gasteiger partial charge in [-0.05, 0) is 94.1 Å². The molecule has 95 heavy (non-hydrogen) atoms. The van der Waals surface area contributed by atoms with Crippen molar-refractivity contribution in [3.8, 4) is 0 Å². The number of fused-ring (bicyclic) bond motifs is 4. The fourth-order valence-electron chi connectivity index (χ4n) is 10.7. The molecule has 0 spiro atoms. The number of methoxy groups -OCH3 is 4. The first kappa shape index (κ1) is 78.2. The molecule has 2 heterocycles. The molecule has 8 amide bonds. The van der Waals surface area contributed by atoms with Crippen molar-refractivity contribution in [3.63, 3.8) is 0 Å². The van der Waals surface area contributed by atoms with Gasteiger partial charge in [-0.25, -0.2) is 23.6 Å². The van der Waals surface area contributed by atoms with E-state index >= 15 is 0 Å². The van der Waals surface area contributed by atoms with E-state index in [1.54, 1.807) is 58.9 Å². The van der Waals surface area contributed by atoms with Crippen molar-refractivity contribution in [2.24, 2.45) is 35.1 Å². The number of nitrogens with two attached hydrogens (primary N) is 2. The zero-order valence-corrected chi connectivity index (χ0v) is 55.5. The highest BCUT2D eigenvalue weighted by molar-refractivity contribution is 6.25. The quantitative estimate of drug-likeness (QED) is 0.0893. The van der Waals surface area contributed by atoms with Gasteiger partial charge in [-0.2, -0.15) is 0 Å². The highest BCUT2D eigenvalue weighted by Gasteiger charge is 2.37.